The second-order valence-electron chi connectivity index (χ2n) is 4.56. The molecule has 21 heavy (non-hydrogen) atoms. The Bertz CT molecular complexity index is 482. The molecular weight excluding hydrogens is 294 g/mol. The summed E-state index contributed by atoms with van der Waals surface area (Å²) in [6.07, 6.45) is 0. The third-order valence-electron chi connectivity index (χ3n) is 2.66. The van der Waals surface area contributed by atoms with Crippen molar-refractivity contribution in [2.45, 2.75) is 6.54 Å². The molecule has 1 rings (SSSR count). The topological polar surface area (TPSA) is 70.7 Å². The molecule has 0 bridgehead atoms. The van der Waals surface area contributed by atoms with Crippen molar-refractivity contribution in [2.75, 3.05) is 33.9 Å². The summed E-state index contributed by atoms with van der Waals surface area (Å²) in [6, 6.07) is 6.91. The molecule has 0 aliphatic rings. The zero-order valence-corrected chi connectivity index (χ0v) is 12.9. The van der Waals surface area contributed by atoms with E-state index in [4.69, 9.17) is 16.3 Å². The number of hydrogen-bond donors (Lipinski definition) is 2. The summed E-state index contributed by atoms with van der Waals surface area (Å²) in [5.41, 5.74) is 0.930. The number of nitrogens with one attached hydrogen (secondary N) is 2. The Labute approximate surface area is 129 Å². The zero-order chi connectivity index (χ0) is 15.7. The van der Waals surface area contributed by atoms with Gasteiger partial charge in [0.15, 0.2) is 0 Å². The van der Waals surface area contributed by atoms with E-state index in [-0.39, 0.29) is 12.5 Å². The molecule has 2 N–H and O–H groups in total. The number of carbonyl (C=O) groups is 2. The highest BCUT2D eigenvalue weighted by atomic mass is 35.5. The largest absolute Gasteiger partial charge is 0.383 e. The number of hydrogen-bond acceptors (Lipinski definition) is 4. The summed E-state index contributed by atoms with van der Waals surface area (Å²) in [5, 5.41) is 5.42. The van der Waals surface area contributed by atoms with Crippen LogP contribution < -0.4 is 10.6 Å². The monoisotopic (exact) mass is 313 g/mol. The van der Waals surface area contributed by atoms with E-state index in [9.17, 15) is 9.59 Å². The Balaban J connectivity index is 2.34. The van der Waals surface area contributed by atoms with Crippen molar-refractivity contribution in [1.82, 2.24) is 15.5 Å². The number of halogens is 1. The van der Waals surface area contributed by atoms with Crippen LogP contribution in [0, 0.1) is 0 Å². The second-order valence-corrected chi connectivity index (χ2v) is 4.97. The van der Waals surface area contributed by atoms with Crippen LogP contribution in [-0.4, -0.2) is 50.7 Å². The Morgan fingerprint density at radius 2 is 2.05 bits per heavy atom. The molecule has 0 spiro atoms. The molecule has 3 amide bonds. The molecule has 0 aromatic heterocycles. The zero-order valence-electron chi connectivity index (χ0n) is 12.2. The maximum Gasteiger partial charge on any atom is 0.321 e. The molecule has 0 fully saturated rings. The van der Waals surface area contributed by atoms with Gasteiger partial charge in [0.05, 0.1) is 13.2 Å². The number of ether oxygens (including phenoxy) is 1. The molecule has 1 aromatic carbocycles. The van der Waals surface area contributed by atoms with Crippen molar-refractivity contribution in [3.63, 3.8) is 0 Å². The van der Waals surface area contributed by atoms with Gasteiger partial charge in [-0.15, -0.1) is 0 Å². The van der Waals surface area contributed by atoms with Gasteiger partial charge in [-0.3, -0.25) is 15.0 Å². The predicted octanol–water partition coefficient (Wildman–Crippen LogP) is 1.24. The van der Waals surface area contributed by atoms with E-state index in [0.29, 0.717) is 24.7 Å². The van der Waals surface area contributed by atoms with Gasteiger partial charge in [0, 0.05) is 25.2 Å². The summed E-state index contributed by atoms with van der Waals surface area (Å²) in [5.74, 6) is -0.375. The van der Waals surface area contributed by atoms with Crippen LogP contribution >= 0.6 is 11.6 Å². The number of methoxy groups -OCH3 is 1. The smallest absolute Gasteiger partial charge is 0.321 e. The van der Waals surface area contributed by atoms with Crippen molar-refractivity contribution in [2.24, 2.45) is 0 Å². The van der Waals surface area contributed by atoms with Crippen molar-refractivity contribution in [3.05, 3.63) is 34.9 Å². The minimum Gasteiger partial charge on any atom is -0.383 e. The van der Waals surface area contributed by atoms with E-state index in [1.165, 1.54) is 7.11 Å². The van der Waals surface area contributed by atoms with Crippen LogP contribution in [0.15, 0.2) is 24.3 Å². The first-order valence-corrected chi connectivity index (χ1v) is 6.89. The fourth-order valence-electron chi connectivity index (χ4n) is 1.70. The average molecular weight is 314 g/mol. The van der Waals surface area contributed by atoms with Crippen LogP contribution in [0.2, 0.25) is 5.02 Å². The highest BCUT2D eigenvalue weighted by Crippen LogP contribution is 2.16. The highest BCUT2D eigenvalue weighted by Gasteiger charge is 2.11. The number of rotatable bonds is 7. The highest BCUT2D eigenvalue weighted by molar-refractivity contribution is 6.31. The summed E-state index contributed by atoms with van der Waals surface area (Å²) < 4.78 is 4.79. The number of amides is 3. The van der Waals surface area contributed by atoms with Crippen molar-refractivity contribution < 1.29 is 14.3 Å². The molecule has 6 nitrogen and oxygen atoms in total. The third-order valence-corrected chi connectivity index (χ3v) is 3.03. The molecule has 7 heteroatoms. The maximum atomic E-state index is 11.7. The van der Waals surface area contributed by atoms with E-state index in [0.717, 1.165) is 5.56 Å². The fourth-order valence-corrected chi connectivity index (χ4v) is 1.89. The van der Waals surface area contributed by atoms with Crippen LogP contribution in [-0.2, 0) is 16.1 Å². The van der Waals surface area contributed by atoms with Gasteiger partial charge in [-0.1, -0.05) is 29.8 Å². The quantitative estimate of drug-likeness (QED) is 0.743. The Morgan fingerprint density at radius 1 is 1.33 bits per heavy atom. The Hall–Kier alpha value is -1.63. The summed E-state index contributed by atoms with van der Waals surface area (Å²) in [7, 11) is 3.32. The average Bonchev–Trinajstić information content (AvgIpc) is 2.41. The summed E-state index contributed by atoms with van der Waals surface area (Å²) >= 11 is 6.06. The normalized spacial score (nSPS) is 10.5. The van der Waals surface area contributed by atoms with E-state index >= 15 is 0 Å². The molecule has 0 heterocycles. The minimum atomic E-state index is -0.525. The fraction of sp³-hybridized carbons (Fsp3) is 0.429. The molecular formula is C14H20ClN3O3. The first-order valence-electron chi connectivity index (χ1n) is 6.51. The first kappa shape index (κ1) is 17.4. The van der Waals surface area contributed by atoms with E-state index < -0.39 is 6.03 Å². The molecule has 0 saturated heterocycles. The summed E-state index contributed by atoms with van der Waals surface area (Å²) in [4.78, 5) is 24.9. The van der Waals surface area contributed by atoms with Gasteiger partial charge in [0.25, 0.3) is 0 Å². The second kappa shape index (κ2) is 9.33. The lowest BCUT2D eigenvalue weighted by atomic mass is 10.2. The predicted molar refractivity (Wildman–Crippen MR) is 81.2 cm³/mol. The van der Waals surface area contributed by atoms with E-state index in [1.54, 1.807) is 18.0 Å². The number of imide groups is 1. The molecule has 0 atom stereocenters. The Morgan fingerprint density at radius 3 is 2.71 bits per heavy atom. The number of likely N-dealkylation sites (N-methyl/N-ethyl adjacent to an activating group) is 1. The van der Waals surface area contributed by atoms with Crippen LogP contribution in [0.5, 0.6) is 0 Å². The van der Waals surface area contributed by atoms with Crippen molar-refractivity contribution >= 4 is 23.5 Å². The number of nitrogens with zero attached hydrogens (tertiary/aromatic N) is 1. The first-order chi connectivity index (χ1) is 10.0. The number of carbonyl (C=O) groups excluding carboxylic acids is 2. The van der Waals surface area contributed by atoms with E-state index in [1.807, 2.05) is 18.2 Å². The Kier molecular flexibility index (Phi) is 7.74. The van der Waals surface area contributed by atoms with Crippen molar-refractivity contribution in [1.29, 1.82) is 0 Å². The number of urea groups is 1. The summed E-state index contributed by atoms with van der Waals surface area (Å²) in [6.45, 7) is 1.38. The van der Waals surface area contributed by atoms with Crippen LogP contribution in [0.1, 0.15) is 5.56 Å². The lowest BCUT2D eigenvalue weighted by Crippen LogP contribution is -2.44. The third kappa shape index (κ3) is 7.08. The molecule has 0 unspecified atom stereocenters. The van der Waals surface area contributed by atoms with Gasteiger partial charge >= 0.3 is 6.03 Å². The molecule has 0 aliphatic heterocycles. The van der Waals surface area contributed by atoms with Crippen LogP contribution in [0.25, 0.3) is 0 Å². The molecule has 0 radical (unpaired) electrons. The molecule has 0 saturated carbocycles. The lowest BCUT2D eigenvalue weighted by molar-refractivity contribution is -0.120. The number of benzene rings is 1. The SMILES string of the molecule is COCCNC(=O)NC(=O)CN(C)Cc1ccccc1Cl. The molecule has 0 aliphatic carbocycles. The van der Waals surface area contributed by atoms with Gasteiger partial charge in [0.1, 0.15) is 0 Å². The van der Waals surface area contributed by atoms with Gasteiger partial charge in [0.2, 0.25) is 5.91 Å². The lowest BCUT2D eigenvalue weighted by Gasteiger charge is -2.16. The van der Waals surface area contributed by atoms with Crippen LogP contribution in [0.3, 0.4) is 0 Å². The van der Waals surface area contributed by atoms with Crippen molar-refractivity contribution in [3.8, 4) is 0 Å². The van der Waals surface area contributed by atoms with Gasteiger partial charge in [-0.2, -0.15) is 0 Å². The van der Waals surface area contributed by atoms with Gasteiger partial charge in [-0.25, -0.2) is 4.79 Å². The molecule has 1 aromatic rings. The van der Waals surface area contributed by atoms with E-state index in [2.05, 4.69) is 10.6 Å². The minimum absolute atomic E-state index is 0.100. The maximum absolute atomic E-state index is 11.7. The van der Waals surface area contributed by atoms with Gasteiger partial charge < -0.3 is 10.1 Å². The van der Waals surface area contributed by atoms with Gasteiger partial charge in [-0.05, 0) is 18.7 Å². The molecule has 116 valence electrons. The van der Waals surface area contributed by atoms with Crippen LogP contribution in [0.4, 0.5) is 4.79 Å². The standard InChI is InChI=1S/C14H20ClN3O3/c1-18(9-11-5-3-4-6-12(11)15)10-13(19)17-14(20)16-7-8-21-2/h3-6H,7-10H2,1-2H3,(H2,16,17,19,20).